The molecule has 2 aromatic heterocycles. The SMILES string of the molecule is CCC(C)C(NC(=O)C(O)CNC=O)C(=O)NC1CNC(=O)C(=Cc2c[nH]c3ccccc23)NC(=O)C=Cc2csc(n2)C(COC)NC(=O)C(=O)C(C(C)CC)NC(=O)C(C)NC1=O. The van der Waals surface area contributed by atoms with Crippen molar-refractivity contribution in [1.29, 1.82) is 0 Å². The third kappa shape index (κ3) is 14.1. The molecule has 350 valence electrons. The molecule has 0 fully saturated rings. The molecule has 0 spiro atoms. The van der Waals surface area contributed by atoms with Crippen molar-refractivity contribution in [3.8, 4) is 0 Å². The van der Waals surface area contributed by atoms with E-state index in [0.29, 0.717) is 34.5 Å². The number of para-hydroxylation sites is 1. The van der Waals surface area contributed by atoms with Gasteiger partial charge in [-0.1, -0.05) is 58.7 Å². The molecule has 0 radical (unpaired) electrons. The third-order valence-corrected chi connectivity index (χ3v) is 11.6. The second-order valence-electron chi connectivity index (χ2n) is 15.4. The van der Waals surface area contributed by atoms with E-state index >= 15 is 0 Å². The number of aromatic nitrogens is 2. The molecule has 1 aliphatic heterocycles. The van der Waals surface area contributed by atoms with Gasteiger partial charge in [0.25, 0.3) is 17.7 Å². The lowest BCUT2D eigenvalue weighted by atomic mass is 9.94. The highest BCUT2D eigenvalue weighted by Gasteiger charge is 2.36. The quantitative estimate of drug-likeness (QED) is 0.0554. The highest BCUT2D eigenvalue weighted by Crippen LogP contribution is 2.22. The summed E-state index contributed by atoms with van der Waals surface area (Å²) in [6.07, 6.45) is 4.79. The Balaban J connectivity index is 1.77. The minimum atomic E-state index is -1.73. The van der Waals surface area contributed by atoms with Gasteiger partial charge < -0.3 is 57.4 Å². The summed E-state index contributed by atoms with van der Waals surface area (Å²) in [5, 5.41) is 32.9. The molecule has 21 nitrogen and oxygen atoms in total. The summed E-state index contributed by atoms with van der Waals surface area (Å²) in [6.45, 7) is 6.92. The number of hydrogen-bond acceptors (Lipinski definition) is 13. The molecule has 65 heavy (non-hydrogen) atoms. The first-order chi connectivity index (χ1) is 31.0. The highest BCUT2D eigenvalue weighted by atomic mass is 32.1. The predicted molar refractivity (Wildman–Crippen MR) is 239 cm³/mol. The Morgan fingerprint density at radius 2 is 1.72 bits per heavy atom. The summed E-state index contributed by atoms with van der Waals surface area (Å²) in [5.41, 5.74) is 1.29. The van der Waals surface area contributed by atoms with Crippen LogP contribution < -0.4 is 42.5 Å². The second-order valence-corrected chi connectivity index (χ2v) is 16.3. The Morgan fingerprint density at radius 3 is 2.42 bits per heavy atom. The number of aliphatic hydroxyl groups excluding tert-OH is 1. The van der Waals surface area contributed by atoms with E-state index in [4.69, 9.17) is 4.74 Å². The van der Waals surface area contributed by atoms with Gasteiger partial charge in [0.1, 0.15) is 41.0 Å². The number of H-pyrrole nitrogens is 1. The topological polar surface area (TPSA) is 308 Å². The molecular formula is C43H56N10O11S. The van der Waals surface area contributed by atoms with Crippen LogP contribution >= 0.6 is 11.3 Å². The molecule has 2 bridgehead atoms. The Hall–Kier alpha value is -6.78. The lowest BCUT2D eigenvalue weighted by Crippen LogP contribution is -2.61. The van der Waals surface area contributed by atoms with Crippen LogP contribution in [0.1, 0.15) is 69.8 Å². The normalized spacial score (nSPS) is 21.8. The van der Waals surface area contributed by atoms with Crippen molar-refractivity contribution in [3.63, 3.8) is 0 Å². The van der Waals surface area contributed by atoms with E-state index in [2.05, 4.69) is 52.5 Å². The van der Waals surface area contributed by atoms with Crippen LogP contribution in [0.25, 0.3) is 23.1 Å². The fourth-order valence-electron chi connectivity index (χ4n) is 6.44. The fraction of sp³-hybridized carbons (Fsp3) is 0.442. The van der Waals surface area contributed by atoms with Gasteiger partial charge in [0.05, 0.1) is 24.9 Å². The average molecular weight is 921 g/mol. The van der Waals surface area contributed by atoms with E-state index in [9.17, 15) is 48.3 Å². The zero-order chi connectivity index (χ0) is 47.8. The molecule has 0 saturated heterocycles. The molecule has 1 aliphatic rings. The number of methoxy groups -OCH3 is 1. The molecular weight excluding hydrogens is 865 g/mol. The van der Waals surface area contributed by atoms with E-state index in [0.717, 1.165) is 22.9 Å². The van der Waals surface area contributed by atoms with Crippen molar-refractivity contribution < 1.29 is 53.0 Å². The molecule has 3 aromatic rings. The third-order valence-electron chi connectivity index (χ3n) is 10.7. The summed E-state index contributed by atoms with van der Waals surface area (Å²) in [6, 6.07) is 0.593. The number of ether oxygens (including phenoxy) is 1. The van der Waals surface area contributed by atoms with Crippen molar-refractivity contribution in [3.05, 3.63) is 63.9 Å². The van der Waals surface area contributed by atoms with Gasteiger partial charge in [0.15, 0.2) is 0 Å². The lowest BCUT2D eigenvalue weighted by Gasteiger charge is -2.28. The van der Waals surface area contributed by atoms with Gasteiger partial charge in [-0.3, -0.25) is 43.2 Å². The van der Waals surface area contributed by atoms with E-state index in [1.165, 1.54) is 26.2 Å². The van der Waals surface area contributed by atoms with Crippen LogP contribution in [-0.4, -0.2) is 126 Å². The molecule has 0 saturated carbocycles. The number of ketones is 1. The number of hydrogen-bond donors (Lipinski definition) is 10. The Labute approximate surface area is 378 Å². The van der Waals surface area contributed by atoms with Gasteiger partial charge in [-0.15, -0.1) is 11.3 Å². The van der Waals surface area contributed by atoms with Gasteiger partial charge in [-0.25, -0.2) is 4.98 Å². The van der Waals surface area contributed by atoms with Gasteiger partial charge in [0.2, 0.25) is 35.8 Å². The first-order valence-corrected chi connectivity index (χ1v) is 21.8. The lowest BCUT2D eigenvalue weighted by molar-refractivity contribution is -0.142. The number of amides is 8. The van der Waals surface area contributed by atoms with E-state index < -0.39 is 108 Å². The molecule has 10 N–H and O–H groups in total. The minimum absolute atomic E-state index is 0.0836. The average Bonchev–Trinajstić information content (AvgIpc) is 3.95. The number of benzene rings is 1. The van der Waals surface area contributed by atoms with Gasteiger partial charge in [-0.2, -0.15) is 0 Å². The highest BCUT2D eigenvalue weighted by molar-refractivity contribution is 7.09. The van der Waals surface area contributed by atoms with E-state index in [1.54, 1.807) is 51.4 Å². The summed E-state index contributed by atoms with van der Waals surface area (Å²) < 4.78 is 5.30. The van der Waals surface area contributed by atoms with Crippen molar-refractivity contribution >= 4 is 87.9 Å². The number of carbonyl (C=O) groups is 9. The Bertz CT molecular complexity index is 2290. The molecule has 8 amide bonds. The fourth-order valence-corrected chi connectivity index (χ4v) is 7.26. The maximum absolute atomic E-state index is 14.1. The van der Waals surface area contributed by atoms with E-state index in [1.807, 2.05) is 12.1 Å². The number of nitrogens with one attached hydrogen (secondary N) is 9. The number of Topliss-reactive ketones (excluding diaryl/α,β-unsaturated/α-hetero) is 1. The number of thiazole rings is 1. The molecule has 3 heterocycles. The zero-order valence-corrected chi connectivity index (χ0v) is 37.6. The van der Waals surface area contributed by atoms with Crippen LogP contribution in [0.4, 0.5) is 0 Å². The van der Waals surface area contributed by atoms with Crippen LogP contribution in [0.15, 0.2) is 47.6 Å². The summed E-state index contributed by atoms with van der Waals surface area (Å²) in [5.74, 6) is -8.54. The van der Waals surface area contributed by atoms with Gasteiger partial charge in [-0.05, 0) is 37.0 Å². The number of aliphatic hydroxyl groups is 1. The number of carbonyl (C=O) groups excluding carboxylic acids is 9. The Kier molecular flexibility index (Phi) is 19.0. The summed E-state index contributed by atoms with van der Waals surface area (Å²) >= 11 is 1.13. The van der Waals surface area contributed by atoms with Crippen molar-refractivity contribution in [2.75, 3.05) is 26.8 Å². The van der Waals surface area contributed by atoms with Crippen LogP contribution in [0.3, 0.4) is 0 Å². The molecule has 0 aliphatic carbocycles. The molecule has 8 unspecified atom stereocenters. The second kappa shape index (κ2) is 24.3. The van der Waals surface area contributed by atoms with Crippen molar-refractivity contribution in [2.45, 2.75) is 83.8 Å². The molecule has 4 rings (SSSR count). The first kappa shape index (κ1) is 50.9. The van der Waals surface area contributed by atoms with Crippen LogP contribution in [0, 0.1) is 11.8 Å². The van der Waals surface area contributed by atoms with Gasteiger partial charge >= 0.3 is 0 Å². The maximum Gasteiger partial charge on any atom is 0.290 e. The number of nitrogens with zero attached hydrogens (tertiary/aromatic N) is 1. The monoisotopic (exact) mass is 920 g/mol. The smallest absolute Gasteiger partial charge is 0.290 e. The molecule has 8 atom stereocenters. The van der Waals surface area contributed by atoms with Crippen molar-refractivity contribution in [1.82, 2.24) is 52.5 Å². The summed E-state index contributed by atoms with van der Waals surface area (Å²) in [7, 11) is 1.39. The largest absolute Gasteiger partial charge is 0.382 e. The van der Waals surface area contributed by atoms with Crippen LogP contribution in [0.2, 0.25) is 0 Å². The number of fused-ring (bicyclic) bond motifs is 3. The van der Waals surface area contributed by atoms with E-state index in [-0.39, 0.29) is 18.7 Å². The maximum atomic E-state index is 14.1. The molecule has 1 aromatic carbocycles. The predicted octanol–water partition coefficient (Wildman–Crippen LogP) is -0.544. The van der Waals surface area contributed by atoms with Gasteiger partial charge in [0, 0.05) is 47.8 Å². The standard InChI is InChI=1S/C43H56N10O11S/c1-7-22(3)34-36(57)42(63)51-31(19-64-6)43-48-26(20-65-43)13-14-33(56)49-29(15-25-16-45-28-12-10-9-11-27(25)28)38(59)46-17-30(39(60)47-24(5)37(58)52-34)50-41(62)35(23(4)8-2)53-40(61)32(55)18-44-21-54/h9-16,20-24,30-32,34-35,45,55H,7-8,17-19H2,1-6H3,(H,44,54)(H,46,59)(H,47,60)(H,49,56)(H,50,62)(H,51,63)(H,52,58)(H,53,61). The van der Waals surface area contributed by atoms with Crippen LogP contribution in [0.5, 0.6) is 0 Å². The van der Waals surface area contributed by atoms with Crippen molar-refractivity contribution in [2.24, 2.45) is 11.8 Å². The first-order valence-electron chi connectivity index (χ1n) is 20.9. The van der Waals surface area contributed by atoms with Crippen LogP contribution in [-0.2, 0) is 47.9 Å². The zero-order valence-electron chi connectivity index (χ0n) is 36.8. The molecule has 22 heteroatoms. The number of rotatable bonds is 14. The summed E-state index contributed by atoms with van der Waals surface area (Å²) in [4.78, 5) is 128. The Morgan fingerprint density at radius 1 is 0.985 bits per heavy atom. The number of aromatic amines is 1. The minimum Gasteiger partial charge on any atom is -0.382 e.